The predicted octanol–water partition coefficient (Wildman–Crippen LogP) is 7.00. The van der Waals surface area contributed by atoms with Crippen LogP contribution in [-0.2, 0) is 0 Å². The highest BCUT2D eigenvalue weighted by molar-refractivity contribution is 5.23. The van der Waals surface area contributed by atoms with Gasteiger partial charge in [-0.05, 0) is 115 Å². The van der Waals surface area contributed by atoms with Gasteiger partial charge in [0.05, 0.1) is 12.2 Å². The van der Waals surface area contributed by atoms with E-state index in [2.05, 4.69) is 61.5 Å². The van der Waals surface area contributed by atoms with E-state index in [9.17, 15) is 10.2 Å². The summed E-state index contributed by atoms with van der Waals surface area (Å²) in [5.74, 6) is 2.68. The lowest BCUT2D eigenvalue weighted by atomic mass is 9.31. The maximum Gasteiger partial charge on any atom is 0.0594 e. The number of hydrogen-bond donors (Lipinski definition) is 2. The van der Waals surface area contributed by atoms with Gasteiger partial charge >= 0.3 is 0 Å². The van der Waals surface area contributed by atoms with E-state index in [0.717, 1.165) is 19.3 Å². The molecule has 0 radical (unpaired) electrons. The lowest BCUT2D eigenvalue weighted by molar-refractivity contribution is -0.275. The third-order valence-electron chi connectivity index (χ3n) is 13.5. The molecular weight excluding hydrogens is 392 g/mol. The second-order valence-corrected chi connectivity index (χ2v) is 14.8. The second kappa shape index (κ2) is 6.87. The Morgan fingerprint density at radius 1 is 0.812 bits per heavy atom. The summed E-state index contributed by atoms with van der Waals surface area (Å²) in [7, 11) is 0. The molecule has 0 amide bonds. The Hall–Kier alpha value is -0.340. The van der Waals surface area contributed by atoms with E-state index in [-0.39, 0.29) is 33.9 Å². The first-order valence-electron chi connectivity index (χ1n) is 13.8. The van der Waals surface area contributed by atoms with Crippen molar-refractivity contribution in [1.82, 2.24) is 0 Å². The molecule has 0 aliphatic heterocycles. The third-order valence-corrected chi connectivity index (χ3v) is 13.5. The van der Waals surface area contributed by atoms with Crippen LogP contribution in [0.15, 0.2) is 11.6 Å². The van der Waals surface area contributed by atoms with Gasteiger partial charge in [0, 0.05) is 0 Å². The molecular formula is C30H50O2. The molecule has 0 aromatic heterocycles. The van der Waals surface area contributed by atoms with Gasteiger partial charge in [0.25, 0.3) is 0 Å². The number of aliphatic hydroxyl groups is 2. The Morgan fingerprint density at radius 3 is 2.19 bits per heavy atom. The molecule has 4 saturated carbocycles. The molecule has 11 atom stereocenters. The molecule has 0 bridgehead atoms. The first-order valence-corrected chi connectivity index (χ1v) is 13.8. The first-order chi connectivity index (χ1) is 14.7. The Kier molecular flexibility index (Phi) is 5.02. The SMILES string of the molecule is CC1=CC[C@]2(C)CC[C@]3(C)[C@@H]([C@H]2[C@@H]1C)[C@H](O)C[C@@H]1[C@@]2(C)CC[C@H](O)C(C)(C)[C@@H]2CC[C@]13C. The smallest absolute Gasteiger partial charge is 0.0594 e. The standard InChI is InChI=1S/C30H50O2/c1-18-9-12-27(5)15-16-30(8)25(24(27)19(18)2)20(31)17-22-28(6)13-11-23(32)26(3,4)21(28)10-14-29(22,30)7/h9,19-25,31-32H,10-17H2,1-8H3/t19-,20-,21+,22-,23+,24-,25-,27-,28+,29-,30-/m1/s1. The highest BCUT2D eigenvalue weighted by atomic mass is 16.3. The van der Waals surface area contributed by atoms with Crippen LogP contribution in [0, 0.1) is 56.7 Å². The molecule has 0 heterocycles. The molecule has 0 saturated heterocycles. The van der Waals surface area contributed by atoms with Crippen molar-refractivity contribution in [2.75, 3.05) is 0 Å². The van der Waals surface area contributed by atoms with Crippen LogP contribution in [-0.4, -0.2) is 22.4 Å². The Morgan fingerprint density at radius 2 is 1.50 bits per heavy atom. The quantitative estimate of drug-likeness (QED) is 0.397. The summed E-state index contributed by atoms with van der Waals surface area (Å²) in [6.45, 7) is 19.7. The van der Waals surface area contributed by atoms with Gasteiger partial charge in [0.2, 0.25) is 0 Å². The number of allylic oxidation sites excluding steroid dienone is 2. The van der Waals surface area contributed by atoms with E-state index in [1.165, 1.54) is 32.1 Å². The van der Waals surface area contributed by atoms with E-state index < -0.39 is 0 Å². The Balaban J connectivity index is 1.59. The highest BCUT2D eigenvalue weighted by Crippen LogP contribution is 2.76. The average molecular weight is 443 g/mol. The van der Waals surface area contributed by atoms with E-state index in [4.69, 9.17) is 0 Å². The summed E-state index contributed by atoms with van der Waals surface area (Å²) in [6.07, 6.45) is 11.4. The molecule has 2 N–H and O–H groups in total. The molecule has 2 nitrogen and oxygen atoms in total. The van der Waals surface area contributed by atoms with Gasteiger partial charge in [-0.1, -0.05) is 60.1 Å². The van der Waals surface area contributed by atoms with Crippen LogP contribution < -0.4 is 0 Å². The van der Waals surface area contributed by atoms with Gasteiger partial charge in [-0.3, -0.25) is 0 Å². The minimum Gasteiger partial charge on any atom is -0.393 e. The van der Waals surface area contributed by atoms with Crippen LogP contribution in [0.3, 0.4) is 0 Å². The van der Waals surface area contributed by atoms with Crippen molar-refractivity contribution in [3.05, 3.63) is 11.6 Å². The van der Waals surface area contributed by atoms with Crippen LogP contribution in [0.5, 0.6) is 0 Å². The fourth-order valence-corrected chi connectivity index (χ4v) is 11.2. The van der Waals surface area contributed by atoms with Gasteiger partial charge in [0.15, 0.2) is 0 Å². The molecule has 32 heavy (non-hydrogen) atoms. The number of aliphatic hydroxyl groups excluding tert-OH is 2. The van der Waals surface area contributed by atoms with E-state index in [0.29, 0.717) is 35.0 Å². The summed E-state index contributed by atoms with van der Waals surface area (Å²) in [6, 6.07) is 0. The molecule has 0 spiro atoms. The maximum atomic E-state index is 12.0. The molecule has 5 aliphatic carbocycles. The molecule has 4 fully saturated rings. The Labute approximate surface area is 197 Å². The van der Waals surface area contributed by atoms with E-state index in [1.807, 2.05) is 0 Å². The van der Waals surface area contributed by atoms with Crippen molar-refractivity contribution in [3.63, 3.8) is 0 Å². The summed E-state index contributed by atoms with van der Waals surface area (Å²) >= 11 is 0. The van der Waals surface area contributed by atoms with Gasteiger partial charge < -0.3 is 10.2 Å². The normalized spacial score (nSPS) is 59.2. The first kappa shape index (κ1) is 23.4. The molecule has 0 aromatic carbocycles. The van der Waals surface area contributed by atoms with Gasteiger partial charge in [0.1, 0.15) is 0 Å². The summed E-state index contributed by atoms with van der Waals surface area (Å²) < 4.78 is 0. The van der Waals surface area contributed by atoms with Crippen molar-refractivity contribution < 1.29 is 10.2 Å². The molecule has 0 aromatic rings. The Bertz CT molecular complexity index is 814. The lowest BCUT2D eigenvalue weighted by Gasteiger charge is -2.74. The zero-order chi connectivity index (χ0) is 23.5. The minimum absolute atomic E-state index is 0.0258. The maximum absolute atomic E-state index is 12.0. The molecule has 5 aliphatic rings. The largest absolute Gasteiger partial charge is 0.393 e. The lowest BCUT2D eigenvalue weighted by Crippen LogP contribution is -2.69. The zero-order valence-electron chi connectivity index (χ0n) is 22.2. The van der Waals surface area contributed by atoms with Crippen molar-refractivity contribution >= 4 is 0 Å². The van der Waals surface area contributed by atoms with Crippen molar-refractivity contribution in [1.29, 1.82) is 0 Å². The number of rotatable bonds is 0. The van der Waals surface area contributed by atoms with Crippen molar-refractivity contribution in [2.45, 2.75) is 119 Å². The summed E-state index contributed by atoms with van der Waals surface area (Å²) in [5.41, 5.74) is 2.55. The fourth-order valence-electron chi connectivity index (χ4n) is 11.2. The van der Waals surface area contributed by atoms with Gasteiger partial charge in [-0.25, -0.2) is 0 Å². The van der Waals surface area contributed by atoms with Crippen molar-refractivity contribution in [3.8, 4) is 0 Å². The van der Waals surface area contributed by atoms with E-state index >= 15 is 0 Å². The highest BCUT2D eigenvalue weighted by Gasteiger charge is 2.71. The molecule has 2 heteroatoms. The fraction of sp³-hybridized carbons (Fsp3) is 0.933. The van der Waals surface area contributed by atoms with E-state index in [1.54, 1.807) is 5.57 Å². The van der Waals surface area contributed by atoms with Crippen LogP contribution >= 0.6 is 0 Å². The second-order valence-electron chi connectivity index (χ2n) is 14.8. The monoisotopic (exact) mass is 442 g/mol. The zero-order valence-corrected chi connectivity index (χ0v) is 22.2. The molecule has 5 rings (SSSR count). The summed E-state index contributed by atoms with van der Waals surface area (Å²) in [4.78, 5) is 0. The van der Waals surface area contributed by atoms with Crippen molar-refractivity contribution in [2.24, 2.45) is 56.7 Å². The van der Waals surface area contributed by atoms with Gasteiger partial charge in [-0.2, -0.15) is 0 Å². The van der Waals surface area contributed by atoms with Crippen LogP contribution in [0.1, 0.15) is 107 Å². The summed E-state index contributed by atoms with van der Waals surface area (Å²) in [5, 5.41) is 22.9. The number of fused-ring (bicyclic) bond motifs is 7. The van der Waals surface area contributed by atoms with Crippen LogP contribution in [0.25, 0.3) is 0 Å². The third kappa shape index (κ3) is 2.66. The topological polar surface area (TPSA) is 40.5 Å². The number of hydrogen-bond acceptors (Lipinski definition) is 2. The van der Waals surface area contributed by atoms with Crippen LogP contribution in [0.2, 0.25) is 0 Å². The van der Waals surface area contributed by atoms with Gasteiger partial charge in [-0.15, -0.1) is 0 Å². The molecule has 0 unspecified atom stereocenters. The average Bonchev–Trinajstić information content (AvgIpc) is 2.71. The predicted molar refractivity (Wildman–Crippen MR) is 132 cm³/mol. The van der Waals surface area contributed by atoms with Crippen LogP contribution in [0.4, 0.5) is 0 Å². The minimum atomic E-state index is -0.193. The molecule has 182 valence electrons.